The molecule has 0 unspecified atom stereocenters. The molecule has 0 saturated carbocycles. The Morgan fingerprint density at radius 1 is 1.28 bits per heavy atom. The predicted molar refractivity (Wildman–Crippen MR) is 112 cm³/mol. The summed E-state index contributed by atoms with van der Waals surface area (Å²) in [6.07, 6.45) is 4.08. The van der Waals surface area contributed by atoms with E-state index >= 15 is 0 Å². The van der Waals surface area contributed by atoms with Crippen molar-refractivity contribution in [3.63, 3.8) is 0 Å². The highest BCUT2D eigenvalue weighted by Gasteiger charge is 2.28. The molecule has 0 spiro atoms. The van der Waals surface area contributed by atoms with E-state index in [0.29, 0.717) is 31.2 Å². The van der Waals surface area contributed by atoms with Gasteiger partial charge in [-0.25, -0.2) is 9.97 Å². The normalized spacial score (nSPS) is 13.6. The van der Waals surface area contributed by atoms with Gasteiger partial charge in [0.15, 0.2) is 0 Å². The van der Waals surface area contributed by atoms with Crippen molar-refractivity contribution in [2.75, 3.05) is 36.4 Å². The number of rotatable bonds is 7. The van der Waals surface area contributed by atoms with Gasteiger partial charge in [0.1, 0.15) is 6.33 Å². The lowest BCUT2D eigenvalue weighted by Crippen LogP contribution is -2.30. The van der Waals surface area contributed by atoms with E-state index < -0.39 is 4.92 Å². The lowest BCUT2D eigenvalue weighted by Gasteiger charge is -2.27. The zero-order valence-electron chi connectivity index (χ0n) is 15.9. The van der Waals surface area contributed by atoms with E-state index in [-0.39, 0.29) is 23.2 Å². The Morgan fingerprint density at radius 3 is 2.66 bits per heavy atom. The number of aromatic nitrogens is 2. The molecule has 1 amide bonds. The van der Waals surface area contributed by atoms with Crippen molar-refractivity contribution >= 4 is 40.4 Å². The molecule has 0 atom stereocenters. The molecular formula is C19H21ClN6O3. The van der Waals surface area contributed by atoms with Crippen LogP contribution in [-0.2, 0) is 4.79 Å². The summed E-state index contributed by atoms with van der Waals surface area (Å²) in [6, 6.07) is 7.62. The zero-order valence-corrected chi connectivity index (χ0v) is 16.6. The Bertz CT molecular complexity index is 932. The summed E-state index contributed by atoms with van der Waals surface area (Å²) in [5.74, 6) is 0.248. The number of hydrogen-bond acceptors (Lipinski definition) is 7. The molecule has 0 aliphatic carbocycles. The summed E-state index contributed by atoms with van der Waals surface area (Å²) in [5.41, 5.74) is 2.09. The molecule has 2 aromatic rings. The number of nitrogens with zero attached hydrogens (tertiary/aromatic N) is 4. The molecule has 2 N–H and O–H groups in total. The van der Waals surface area contributed by atoms with E-state index in [9.17, 15) is 14.9 Å². The van der Waals surface area contributed by atoms with Gasteiger partial charge in [-0.3, -0.25) is 14.9 Å². The molecule has 1 aliphatic heterocycles. The van der Waals surface area contributed by atoms with E-state index in [2.05, 4.69) is 20.6 Å². The third-order valence-electron chi connectivity index (χ3n) is 4.50. The number of amides is 1. The fourth-order valence-corrected chi connectivity index (χ4v) is 3.23. The Hall–Kier alpha value is -3.20. The Balaban J connectivity index is 1.76. The minimum atomic E-state index is -0.478. The second-order valence-corrected chi connectivity index (χ2v) is 6.93. The van der Waals surface area contributed by atoms with Gasteiger partial charge in [0.25, 0.3) is 0 Å². The smallest absolute Gasteiger partial charge is 0.353 e. The number of hydrogen-bond donors (Lipinski definition) is 2. The summed E-state index contributed by atoms with van der Waals surface area (Å²) in [6.45, 7) is 3.16. The average Bonchev–Trinajstić information content (AvgIpc) is 2.71. The molecule has 9 nitrogen and oxygen atoms in total. The highest BCUT2D eigenvalue weighted by atomic mass is 35.5. The molecule has 1 aromatic heterocycles. The summed E-state index contributed by atoms with van der Waals surface area (Å²) in [4.78, 5) is 32.2. The van der Waals surface area contributed by atoms with Gasteiger partial charge in [-0.15, -0.1) is 0 Å². The SMILES string of the molecule is CC(=O)NCCNc1ncnc(N2CC=C(c3ccc(Cl)cc3)CC2)c1[N+](=O)[O-]. The molecule has 2 heterocycles. The zero-order chi connectivity index (χ0) is 20.8. The molecule has 0 saturated heterocycles. The van der Waals surface area contributed by atoms with E-state index in [1.54, 1.807) is 0 Å². The van der Waals surface area contributed by atoms with Crippen molar-refractivity contribution in [2.24, 2.45) is 0 Å². The number of carbonyl (C=O) groups excluding carboxylic acids is 1. The van der Waals surface area contributed by atoms with Gasteiger partial charge >= 0.3 is 5.69 Å². The van der Waals surface area contributed by atoms with Gasteiger partial charge in [0.2, 0.25) is 17.5 Å². The molecule has 0 fully saturated rings. The predicted octanol–water partition coefficient (Wildman–Crippen LogP) is 2.88. The minimum Gasteiger partial charge on any atom is -0.362 e. The van der Waals surface area contributed by atoms with E-state index in [1.807, 2.05) is 35.2 Å². The van der Waals surface area contributed by atoms with Crippen molar-refractivity contribution < 1.29 is 9.72 Å². The highest BCUT2D eigenvalue weighted by Crippen LogP contribution is 2.34. The monoisotopic (exact) mass is 416 g/mol. The third-order valence-corrected chi connectivity index (χ3v) is 4.75. The summed E-state index contributed by atoms with van der Waals surface area (Å²) < 4.78 is 0. The second-order valence-electron chi connectivity index (χ2n) is 6.49. The largest absolute Gasteiger partial charge is 0.362 e. The van der Waals surface area contributed by atoms with Crippen molar-refractivity contribution in [3.8, 4) is 0 Å². The fourth-order valence-electron chi connectivity index (χ4n) is 3.11. The summed E-state index contributed by atoms with van der Waals surface area (Å²) in [5, 5.41) is 17.9. The maximum atomic E-state index is 11.7. The number of carbonyl (C=O) groups is 1. The topological polar surface area (TPSA) is 113 Å². The number of nitrogens with one attached hydrogen (secondary N) is 2. The highest BCUT2D eigenvalue weighted by molar-refractivity contribution is 6.30. The molecule has 10 heteroatoms. The molecule has 0 radical (unpaired) electrons. The number of anilines is 2. The van der Waals surface area contributed by atoms with Crippen LogP contribution in [0.3, 0.4) is 0 Å². The molecule has 29 heavy (non-hydrogen) atoms. The van der Waals surface area contributed by atoms with Gasteiger partial charge in [0.05, 0.1) is 4.92 Å². The van der Waals surface area contributed by atoms with Gasteiger partial charge < -0.3 is 15.5 Å². The van der Waals surface area contributed by atoms with Crippen LogP contribution >= 0.6 is 11.6 Å². The van der Waals surface area contributed by atoms with Crippen LogP contribution < -0.4 is 15.5 Å². The van der Waals surface area contributed by atoms with Gasteiger partial charge in [-0.1, -0.05) is 29.8 Å². The fraction of sp³-hybridized carbons (Fsp3) is 0.316. The lowest BCUT2D eigenvalue weighted by atomic mass is 9.99. The molecular weight excluding hydrogens is 396 g/mol. The van der Waals surface area contributed by atoms with Crippen LogP contribution in [0, 0.1) is 10.1 Å². The van der Waals surface area contributed by atoms with Crippen LogP contribution in [-0.4, -0.2) is 47.0 Å². The molecule has 152 valence electrons. The van der Waals surface area contributed by atoms with Crippen LogP contribution in [0.2, 0.25) is 5.02 Å². The number of nitro groups is 1. The second kappa shape index (κ2) is 9.33. The molecule has 0 bridgehead atoms. The van der Waals surface area contributed by atoms with Gasteiger partial charge in [-0.05, 0) is 29.7 Å². The molecule has 3 rings (SSSR count). The first-order valence-corrected chi connectivity index (χ1v) is 9.51. The van der Waals surface area contributed by atoms with Crippen molar-refractivity contribution in [2.45, 2.75) is 13.3 Å². The molecule has 1 aromatic carbocycles. The quantitative estimate of drug-likeness (QED) is 0.405. The van der Waals surface area contributed by atoms with E-state index in [4.69, 9.17) is 11.6 Å². The maximum Gasteiger partial charge on any atom is 0.353 e. The van der Waals surface area contributed by atoms with Crippen LogP contribution in [0.15, 0.2) is 36.7 Å². The molecule has 1 aliphatic rings. The van der Waals surface area contributed by atoms with Crippen LogP contribution in [0.4, 0.5) is 17.3 Å². The van der Waals surface area contributed by atoms with E-state index in [1.165, 1.54) is 18.8 Å². The first kappa shape index (κ1) is 20.5. The van der Waals surface area contributed by atoms with Crippen LogP contribution in [0.5, 0.6) is 0 Å². The summed E-state index contributed by atoms with van der Waals surface area (Å²) >= 11 is 5.94. The number of halogens is 1. The Kier molecular flexibility index (Phi) is 6.61. The van der Waals surface area contributed by atoms with Gasteiger partial charge in [-0.2, -0.15) is 0 Å². The summed E-state index contributed by atoms with van der Waals surface area (Å²) in [7, 11) is 0. The Labute approximate surface area is 172 Å². The van der Waals surface area contributed by atoms with Crippen molar-refractivity contribution in [3.05, 3.63) is 57.4 Å². The third kappa shape index (κ3) is 5.20. The first-order valence-electron chi connectivity index (χ1n) is 9.13. The van der Waals surface area contributed by atoms with Crippen LogP contribution in [0.25, 0.3) is 5.57 Å². The lowest BCUT2D eigenvalue weighted by molar-refractivity contribution is -0.383. The standard InChI is InChI=1S/C19H21ClN6O3/c1-13(27)21-8-9-22-18-17(26(28)29)19(24-12-23-18)25-10-6-15(7-11-25)14-2-4-16(20)5-3-14/h2-6,12H,7-11H2,1H3,(H,21,27)(H,22,23,24). The average molecular weight is 417 g/mol. The van der Waals surface area contributed by atoms with Crippen molar-refractivity contribution in [1.29, 1.82) is 0 Å². The first-order chi connectivity index (χ1) is 14.0. The number of benzene rings is 1. The Morgan fingerprint density at radius 2 is 2.03 bits per heavy atom. The minimum absolute atomic E-state index is 0.137. The van der Waals surface area contributed by atoms with Crippen molar-refractivity contribution in [1.82, 2.24) is 15.3 Å². The van der Waals surface area contributed by atoms with Crippen LogP contribution in [0.1, 0.15) is 18.9 Å². The van der Waals surface area contributed by atoms with E-state index in [0.717, 1.165) is 12.0 Å². The van der Waals surface area contributed by atoms with Gasteiger partial charge in [0, 0.05) is 38.1 Å². The maximum absolute atomic E-state index is 11.7.